The Bertz CT molecular complexity index is 750. The quantitative estimate of drug-likeness (QED) is 0.796. The number of hydrogen-bond donors (Lipinski definition) is 2. The first-order chi connectivity index (χ1) is 11.5. The van der Waals surface area contributed by atoms with Crippen molar-refractivity contribution in [2.75, 3.05) is 23.8 Å². The molecule has 7 heteroatoms. The van der Waals surface area contributed by atoms with Gasteiger partial charge in [-0.3, -0.25) is 4.79 Å². The summed E-state index contributed by atoms with van der Waals surface area (Å²) in [6.45, 7) is 1.73. The molecule has 2 aromatic rings. The fraction of sp³-hybridized carbons (Fsp3) is 0.176. The first-order valence-electron chi connectivity index (χ1n) is 7.26. The smallest absolute Gasteiger partial charge is 0.340 e. The molecule has 2 N–H and O–H groups in total. The number of halogens is 2. The topological polar surface area (TPSA) is 67.4 Å². The van der Waals surface area contributed by atoms with Crippen LogP contribution in [0.25, 0.3) is 0 Å². The molecule has 0 saturated heterocycles. The van der Waals surface area contributed by atoms with Crippen LogP contribution >= 0.6 is 0 Å². The van der Waals surface area contributed by atoms with Crippen molar-refractivity contribution in [1.29, 1.82) is 0 Å². The van der Waals surface area contributed by atoms with Crippen LogP contribution in [0.5, 0.6) is 0 Å². The van der Waals surface area contributed by atoms with Gasteiger partial charge in [-0.25, -0.2) is 13.6 Å². The fourth-order valence-corrected chi connectivity index (χ4v) is 1.98. The van der Waals surface area contributed by atoms with Crippen LogP contribution in [0.2, 0.25) is 0 Å². The Balaban J connectivity index is 2.00. The Hall–Kier alpha value is -2.96. The molecule has 0 heterocycles. The molecule has 24 heavy (non-hydrogen) atoms. The lowest BCUT2D eigenvalue weighted by atomic mass is 10.2. The molecule has 0 spiro atoms. The van der Waals surface area contributed by atoms with E-state index >= 15 is 0 Å². The zero-order valence-corrected chi connectivity index (χ0v) is 12.9. The van der Waals surface area contributed by atoms with E-state index < -0.39 is 23.5 Å². The minimum Gasteiger partial charge on any atom is -0.462 e. The van der Waals surface area contributed by atoms with E-state index in [1.54, 1.807) is 31.2 Å². The van der Waals surface area contributed by atoms with Crippen molar-refractivity contribution in [3.05, 3.63) is 59.7 Å². The molecule has 2 rings (SSSR count). The number of rotatable bonds is 6. The maximum atomic E-state index is 13.5. The molecule has 1 amide bonds. The Kier molecular flexibility index (Phi) is 5.83. The molecule has 0 aliphatic rings. The predicted molar refractivity (Wildman–Crippen MR) is 85.9 cm³/mol. The van der Waals surface area contributed by atoms with Crippen LogP contribution in [-0.2, 0) is 9.53 Å². The van der Waals surface area contributed by atoms with E-state index in [1.807, 2.05) is 0 Å². The lowest BCUT2D eigenvalue weighted by molar-refractivity contribution is -0.114. The Labute approximate surface area is 137 Å². The molecule has 0 unspecified atom stereocenters. The molecule has 0 atom stereocenters. The predicted octanol–water partition coefficient (Wildman–Crippen LogP) is 3.19. The van der Waals surface area contributed by atoms with Gasteiger partial charge >= 0.3 is 5.97 Å². The minimum atomic E-state index is -0.865. The van der Waals surface area contributed by atoms with Gasteiger partial charge in [-0.05, 0) is 31.2 Å². The molecule has 0 saturated carbocycles. The molecule has 0 radical (unpaired) electrons. The van der Waals surface area contributed by atoms with E-state index in [-0.39, 0.29) is 18.8 Å². The number of amides is 1. The van der Waals surface area contributed by atoms with Crippen LogP contribution in [0, 0.1) is 11.6 Å². The first-order valence-corrected chi connectivity index (χ1v) is 7.26. The normalized spacial score (nSPS) is 10.1. The van der Waals surface area contributed by atoms with Gasteiger partial charge in [0.15, 0.2) is 0 Å². The highest BCUT2D eigenvalue weighted by Crippen LogP contribution is 2.17. The number of ether oxygens (including phenoxy) is 1. The van der Waals surface area contributed by atoms with Gasteiger partial charge in [0.05, 0.1) is 24.4 Å². The molecular formula is C17H16F2N2O3. The number of carbonyl (C=O) groups is 2. The van der Waals surface area contributed by atoms with Crippen molar-refractivity contribution >= 4 is 23.3 Å². The lowest BCUT2D eigenvalue weighted by Gasteiger charge is -2.11. The summed E-state index contributed by atoms with van der Waals surface area (Å²) in [6.07, 6.45) is 0. The van der Waals surface area contributed by atoms with Crippen LogP contribution < -0.4 is 10.6 Å². The first kappa shape index (κ1) is 17.4. The standard InChI is InChI=1S/C17H16F2N2O3/c1-2-24-17(23)12-5-3-4-6-14(12)20-10-16(22)21-15-8-7-11(18)9-13(15)19/h3-9,20H,2,10H2,1H3,(H,21,22). The molecule has 5 nitrogen and oxygen atoms in total. The number of hydrogen-bond acceptors (Lipinski definition) is 4. The third-order valence-corrected chi connectivity index (χ3v) is 3.07. The lowest BCUT2D eigenvalue weighted by Crippen LogP contribution is -2.23. The van der Waals surface area contributed by atoms with Gasteiger partial charge < -0.3 is 15.4 Å². The maximum Gasteiger partial charge on any atom is 0.340 e. The summed E-state index contributed by atoms with van der Waals surface area (Å²) in [5.41, 5.74) is 0.590. The Morgan fingerprint density at radius 1 is 1.08 bits per heavy atom. The van der Waals surface area contributed by atoms with Crippen molar-refractivity contribution in [2.45, 2.75) is 6.92 Å². The van der Waals surface area contributed by atoms with Crippen molar-refractivity contribution in [3.8, 4) is 0 Å². The van der Waals surface area contributed by atoms with Crippen LogP contribution in [0.15, 0.2) is 42.5 Å². The zero-order chi connectivity index (χ0) is 17.5. The largest absolute Gasteiger partial charge is 0.462 e. The van der Waals surface area contributed by atoms with E-state index in [4.69, 9.17) is 4.74 Å². The maximum absolute atomic E-state index is 13.5. The van der Waals surface area contributed by atoms with Gasteiger partial charge in [0, 0.05) is 11.8 Å². The van der Waals surface area contributed by atoms with Crippen LogP contribution in [0.1, 0.15) is 17.3 Å². The minimum absolute atomic E-state index is 0.123. The molecule has 126 valence electrons. The van der Waals surface area contributed by atoms with Gasteiger partial charge in [-0.1, -0.05) is 12.1 Å². The number of para-hydroxylation sites is 1. The highest BCUT2D eigenvalue weighted by atomic mass is 19.1. The third-order valence-electron chi connectivity index (χ3n) is 3.07. The van der Waals surface area contributed by atoms with Gasteiger partial charge in [0.25, 0.3) is 0 Å². The summed E-state index contributed by atoms with van der Waals surface area (Å²) < 4.78 is 31.3. The zero-order valence-electron chi connectivity index (χ0n) is 12.9. The van der Waals surface area contributed by atoms with Crippen LogP contribution in [0.3, 0.4) is 0 Å². The van der Waals surface area contributed by atoms with Gasteiger partial charge in [-0.2, -0.15) is 0 Å². The Morgan fingerprint density at radius 2 is 1.83 bits per heavy atom. The monoisotopic (exact) mass is 334 g/mol. The molecular weight excluding hydrogens is 318 g/mol. The number of benzene rings is 2. The summed E-state index contributed by atoms with van der Waals surface area (Å²) in [6, 6.07) is 9.42. The second-order valence-electron chi connectivity index (χ2n) is 4.79. The molecule has 0 aliphatic heterocycles. The van der Waals surface area contributed by atoms with Crippen LogP contribution in [0.4, 0.5) is 20.2 Å². The van der Waals surface area contributed by atoms with Gasteiger partial charge in [0.2, 0.25) is 5.91 Å². The second-order valence-corrected chi connectivity index (χ2v) is 4.79. The molecule has 0 aliphatic carbocycles. The van der Waals surface area contributed by atoms with Crippen molar-refractivity contribution in [3.63, 3.8) is 0 Å². The van der Waals surface area contributed by atoms with Crippen molar-refractivity contribution in [2.24, 2.45) is 0 Å². The van der Waals surface area contributed by atoms with E-state index in [9.17, 15) is 18.4 Å². The summed E-state index contributed by atoms with van der Waals surface area (Å²) >= 11 is 0. The molecule has 0 fully saturated rings. The summed E-state index contributed by atoms with van der Waals surface area (Å²) in [5.74, 6) is -2.65. The SMILES string of the molecule is CCOC(=O)c1ccccc1NCC(=O)Nc1ccc(F)cc1F. The summed E-state index contributed by atoms with van der Waals surface area (Å²) in [7, 11) is 0. The average molecular weight is 334 g/mol. The van der Waals surface area contributed by atoms with E-state index in [0.29, 0.717) is 17.3 Å². The summed E-state index contributed by atoms with van der Waals surface area (Å²) in [4.78, 5) is 23.7. The van der Waals surface area contributed by atoms with Crippen LogP contribution in [-0.4, -0.2) is 25.0 Å². The van der Waals surface area contributed by atoms with E-state index in [1.165, 1.54) is 0 Å². The highest BCUT2D eigenvalue weighted by Gasteiger charge is 2.13. The number of esters is 1. The molecule has 0 bridgehead atoms. The highest BCUT2D eigenvalue weighted by molar-refractivity contribution is 5.98. The second kappa shape index (κ2) is 8.05. The fourth-order valence-electron chi connectivity index (χ4n) is 1.98. The number of anilines is 2. The molecule has 0 aromatic heterocycles. The average Bonchev–Trinajstić information content (AvgIpc) is 2.56. The van der Waals surface area contributed by atoms with Crippen molar-refractivity contribution < 1.29 is 23.1 Å². The summed E-state index contributed by atoms with van der Waals surface area (Å²) in [5, 5.41) is 5.12. The Morgan fingerprint density at radius 3 is 2.54 bits per heavy atom. The number of carbonyl (C=O) groups excluding carboxylic acids is 2. The van der Waals surface area contributed by atoms with E-state index in [2.05, 4.69) is 10.6 Å². The third kappa shape index (κ3) is 4.52. The van der Waals surface area contributed by atoms with E-state index in [0.717, 1.165) is 12.1 Å². The number of nitrogens with one attached hydrogen (secondary N) is 2. The van der Waals surface area contributed by atoms with Gasteiger partial charge in [0.1, 0.15) is 11.6 Å². The molecule has 2 aromatic carbocycles. The van der Waals surface area contributed by atoms with Gasteiger partial charge in [-0.15, -0.1) is 0 Å². The van der Waals surface area contributed by atoms with Crippen molar-refractivity contribution in [1.82, 2.24) is 0 Å².